The van der Waals surface area contributed by atoms with Gasteiger partial charge in [0.2, 0.25) is 6.41 Å². The normalized spacial score (nSPS) is 16.2. The summed E-state index contributed by atoms with van der Waals surface area (Å²) < 4.78 is 14.7. The third-order valence-electron chi connectivity index (χ3n) is 6.29. The zero-order valence-electron chi connectivity index (χ0n) is 18.7. The number of hydrogen-bond donors (Lipinski definition) is 2. The van der Waals surface area contributed by atoms with Crippen LogP contribution in [0.15, 0.2) is 48.7 Å². The molecule has 2 saturated heterocycles. The first-order valence-corrected chi connectivity index (χ1v) is 11.6. The number of benzene rings is 2. The highest BCUT2D eigenvalue weighted by atomic mass is 35.5. The van der Waals surface area contributed by atoms with Crippen molar-refractivity contribution in [1.82, 2.24) is 15.2 Å². The summed E-state index contributed by atoms with van der Waals surface area (Å²) in [4.78, 5) is 32.4. The third-order valence-corrected chi connectivity index (χ3v) is 6.59. The number of aromatic hydroxyl groups is 1. The molecule has 0 unspecified atom stereocenters. The molecule has 2 aliphatic heterocycles. The SMILES string of the molecule is O=CN1CCN(c2ccc(-c3cc(F)cc(-c4ccnc(N5CCNCC5)c4)c3O)cc2Cl)C1=O. The van der Waals surface area contributed by atoms with Crippen LogP contribution in [0.5, 0.6) is 5.75 Å². The third kappa shape index (κ3) is 4.40. The predicted octanol–water partition coefficient (Wildman–Crippen LogP) is 3.72. The number of urea groups is 1. The molecule has 10 heteroatoms. The number of nitrogens with one attached hydrogen (secondary N) is 1. The molecule has 5 rings (SSSR count). The Hall–Kier alpha value is -3.69. The second-order valence-electron chi connectivity index (χ2n) is 8.39. The van der Waals surface area contributed by atoms with Crippen molar-refractivity contribution in [1.29, 1.82) is 0 Å². The van der Waals surface area contributed by atoms with E-state index in [-0.39, 0.29) is 22.9 Å². The van der Waals surface area contributed by atoms with Gasteiger partial charge in [-0.3, -0.25) is 14.6 Å². The number of anilines is 2. The zero-order chi connectivity index (χ0) is 24.5. The Morgan fingerprint density at radius 2 is 1.71 bits per heavy atom. The van der Waals surface area contributed by atoms with Gasteiger partial charge in [-0.15, -0.1) is 0 Å². The van der Waals surface area contributed by atoms with Crippen molar-refractivity contribution < 1.29 is 19.1 Å². The second kappa shape index (κ2) is 9.52. The number of carbonyl (C=O) groups is 2. The quantitative estimate of drug-likeness (QED) is 0.524. The van der Waals surface area contributed by atoms with Gasteiger partial charge in [-0.1, -0.05) is 17.7 Å². The average Bonchev–Trinajstić information content (AvgIpc) is 3.25. The Morgan fingerprint density at radius 3 is 2.37 bits per heavy atom. The lowest BCUT2D eigenvalue weighted by atomic mass is 9.97. The summed E-state index contributed by atoms with van der Waals surface area (Å²) >= 11 is 6.48. The van der Waals surface area contributed by atoms with E-state index in [0.717, 1.165) is 36.9 Å². The summed E-state index contributed by atoms with van der Waals surface area (Å²) in [6, 6.07) is 10.5. The molecule has 3 aromatic rings. The standard InChI is InChI=1S/C25H23ClFN5O3/c26-21-11-16(1-2-22(21)32-10-9-31(15-33)25(32)35)19-13-18(27)14-20(24(19)34)17-3-4-29-23(12-17)30-7-5-28-6-8-30/h1-4,11-15,28,34H,5-10H2. The molecule has 3 heterocycles. The number of hydrogen-bond acceptors (Lipinski definition) is 6. The number of aromatic nitrogens is 1. The molecule has 0 aliphatic carbocycles. The van der Waals surface area contributed by atoms with Gasteiger partial charge in [-0.25, -0.2) is 14.2 Å². The fraction of sp³-hybridized carbons (Fsp3) is 0.240. The van der Waals surface area contributed by atoms with Gasteiger partial charge in [-0.05, 0) is 47.5 Å². The van der Waals surface area contributed by atoms with Crippen LogP contribution >= 0.6 is 11.6 Å². The highest BCUT2D eigenvalue weighted by Gasteiger charge is 2.30. The first kappa shape index (κ1) is 23.1. The van der Waals surface area contributed by atoms with Gasteiger partial charge in [0.15, 0.2) is 0 Å². The average molecular weight is 496 g/mol. The second-order valence-corrected chi connectivity index (χ2v) is 8.80. The molecule has 0 spiro atoms. The van der Waals surface area contributed by atoms with Gasteiger partial charge < -0.3 is 15.3 Å². The number of amides is 3. The van der Waals surface area contributed by atoms with E-state index in [1.807, 2.05) is 6.07 Å². The molecular weight excluding hydrogens is 473 g/mol. The summed E-state index contributed by atoms with van der Waals surface area (Å²) in [5, 5.41) is 14.7. The molecule has 2 fully saturated rings. The molecule has 2 aliphatic rings. The summed E-state index contributed by atoms with van der Waals surface area (Å²) in [6.45, 7) is 3.93. The Labute approximate surface area is 206 Å². The highest BCUT2D eigenvalue weighted by molar-refractivity contribution is 6.34. The Bertz CT molecular complexity index is 1300. The number of phenolic OH excluding ortho intramolecular Hbond substituents is 1. The van der Waals surface area contributed by atoms with Gasteiger partial charge in [0, 0.05) is 56.6 Å². The Morgan fingerprint density at radius 1 is 1.00 bits per heavy atom. The molecule has 0 bridgehead atoms. The van der Waals surface area contributed by atoms with E-state index in [4.69, 9.17) is 11.6 Å². The molecule has 2 aromatic carbocycles. The molecule has 35 heavy (non-hydrogen) atoms. The number of halogens is 2. The lowest BCUT2D eigenvalue weighted by Crippen LogP contribution is -2.43. The lowest BCUT2D eigenvalue weighted by Gasteiger charge is -2.28. The first-order chi connectivity index (χ1) is 17.0. The molecule has 1 aromatic heterocycles. The molecular formula is C25H23ClFN5O3. The van der Waals surface area contributed by atoms with E-state index >= 15 is 0 Å². The summed E-state index contributed by atoms with van der Waals surface area (Å²) in [5.41, 5.74) is 2.20. The summed E-state index contributed by atoms with van der Waals surface area (Å²) in [6.07, 6.45) is 2.14. The zero-order valence-corrected chi connectivity index (χ0v) is 19.5. The van der Waals surface area contributed by atoms with Crippen LogP contribution in [0.4, 0.5) is 20.7 Å². The maximum atomic E-state index is 14.7. The van der Waals surface area contributed by atoms with Gasteiger partial charge in [-0.2, -0.15) is 0 Å². The number of nitrogens with zero attached hydrogens (tertiary/aromatic N) is 4. The smallest absolute Gasteiger partial charge is 0.331 e. The molecule has 0 saturated carbocycles. The summed E-state index contributed by atoms with van der Waals surface area (Å²) in [5.74, 6) is 0.170. The fourth-order valence-corrected chi connectivity index (χ4v) is 4.74. The van der Waals surface area contributed by atoms with Crippen molar-refractivity contribution in [2.45, 2.75) is 0 Å². The lowest BCUT2D eigenvalue weighted by molar-refractivity contribution is -0.115. The van der Waals surface area contributed by atoms with Crippen molar-refractivity contribution >= 4 is 35.5 Å². The van der Waals surface area contributed by atoms with Crippen molar-refractivity contribution in [3.05, 3.63) is 59.5 Å². The van der Waals surface area contributed by atoms with Crippen LogP contribution in [0.25, 0.3) is 22.3 Å². The first-order valence-electron chi connectivity index (χ1n) is 11.2. The summed E-state index contributed by atoms with van der Waals surface area (Å²) in [7, 11) is 0. The number of carbonyl (C=O) groups excluding carboxylic acids is 2. The van der Waals surface area contributed by atoms with Crippen LogP contribution in [-0.2, 0) is 4.79 Å². The highest BCUT2D eigenvalue weighted by Crippen LogP contribution is 2.41. The molecule has 180 valence electrons. The number of piperazine rings is 1. The minimum absolute atomic E-state index is 0.0861. The predicted molar refractivity (Wildman–Crippen MR) is 132 cm³/mol. The minimum Gasteiger partial charge on any atom is -0.507 e. The number of pyridine rings is 1. The maximum absolute atomic E-state index is 14.7. The molecule has 0 radical (unpaired) electrons. The van der Waals surface area contributed by atoms with E-state index in [1.54, 1.807) is 30.5 Å². The van der Waals surface area contributed by atoms with Crippen molar-refractivity contribution in [2.75, 3.05) is 49.1 Å². The molecule has 2 N–H and O–H groups in total. The van der Waals surface area contributed by atoms with Crippen LogP contribution < -0.4 is 15.1 Å². The van der Waals surface area contributed by atoms with Crippen molar-refractivity contribution in [3.8, 4) is 28.0 Å². The topological polar surface area (TPSA) is 89.0 Å². The largest absolute Gasteiger partial charge is 0.507 e. The molecule has 3 amide bonds. The van der Waals surface area contributed by atoms with E-state index in [2.05, 4.69) is 15.2 Å². The van der Waals surface area contributed by atoms with E-state index in [1.165, 1.54) is 17.0 Å². The fourth-order valence-electron chi connectivity index (χ4n) is 4.46. The number of phenols is 1. The van der Waals surface area contributed by atoms with Crippen LogP contribution in [-0.4, -0.2) is 66.7 Å². The van der Waals surface area contributed by atoms with Crippen LogP contribution in [0.1, 0.15) is 0 Å². The van der Waals surface area contributed by atoms with E-state index in [9.17, 15) is 19.1 Å². The monoisotopic (exact) mass is 495 g/mol. The van der Waals surface area contributed by atoms with Crippen molar-refractivity contribution in [3.63, 3.8) is 0 Å². The van der Waals surface area contributed by atoms with Gasteiger partial charge >= 0.3 is 6.03 Å². The Balaban J connectivity index is 1.50. The number of rotatable bonds is 5. The van der Waals surface area contributed by atoms with E-state index < -0.39 is 11.8 Å². The molecule has 0 atom stereocenters. The van der Waals surface area contributed by atoms with Gasteiger partial charge in [0.05, 0.1) is 10.7 Å². The molecule has 8 nitrogen and oxygen atoms in total. The van der Waals surface area contributed by atoms with Gasteiger partial charge in [0.25, 0.3) is 0 Å². The number of imide groups is 1. The van der Waals surface area contributed by atoms with Crippen LogP contribution in [0.3, 0.4) is 0 Å². The Kier molecular flexibility index (Phi) is 6.27. The van der Waals surface area contributed by atoms with Crippen molar-refractivity contribution in [2.24, 2.45) is 0 Å². The minimum atomic E-state index is -0.509. The maximum Gasteiger partial charge on any atom is 0.331 e. The van der Waals surface area contributed by atoms with Gasteiger partial charge in [0.1, 0.15) is 17.4 Å². The van der Waals surface area contributed by atoms with Crippen LogP contribution in [0.2, 0.25) is 5.02 Å². The van der Waals surface area contributed by atoms with Crippen LogP contribution in [0, 0.1) is 5.82 Å². The van der Waals surface area contributed by atoms with E-state index in [0.29, 0.717) is 35.3 Å².